The van der Waals surface area contributed by atoms with E-state index in [4.69, 9.17) is 16.3 Å². The maximum Gasteiger partial charge on any atom is 0.224 e. The average molecular weight is 298 g/mol. The molecule has 0 radical (unpaired) electrons. The van der Waals surface area contributed by atoms with E-state index in [1.54, 1.807) is 6.20 Å². The number of rotatable bonds is 3. The number of ether oxygens (including phenoxy) is 1. The fourth-order valence-electron chi connectivity index (χ4n) is 2.66. The van der Waals surface area contributed by atoms with Crippen LogP contribution in [0.1, 0.15) is 12.8 Å². The molecule has 2 N–H and O–H groups in total. The molecule has 3 rings (SSSR count). The molecule has 1 atom stereocenters. The number of halogens is 1. The summed E-state index contributed by atoms with van der Waals surface area (Å²) < 4.78 is 5.40. The van der Waals surface area contributed by atoms with Gasteiger partial charge in [0.1, 0.15) is 0 Å². The Morgan fingerprint density at radius 3 is 3.00 bits per heavy atom. The van der Waals surface area contributed by atoms with Crippen LogP contribution in [0.3, 0.4) is 0 Å². The van der Waals surface area contributed by atoms with Gasteiger partial charge in [0.2, 0.25) is 5.28 Å². The molecule has 2 fully saturated rings. The Bertz CT molecular complexity index is 446. The first kappa shape index (κ1) is 13.9. The summed E-state index contributed by atoms with van der Waals surface area (Å²) in [5.74, 6) is 0.834. The third-order valence-corrected chi connectivity index (χ3v) is 3.91. The average Bonchev–Trinajstić information content (AvgIpc) is 2.49. The predicted octanol–water partition coefficient (Wildman–Crippen LogP) is 1.13. The number of aromatic nitrogens is 2. The van der Waals surface area contributed by atoms with Gasteiger partial charge in [-0.15, -0.1) is 0 Å². The molecular formula is C13H20ClN5O. The number of morpholine rings is 1. The number of piperidine rings is 1. The normalized spacial score (nSPS) is 23.6. The van der Waals surface area contributed by atoms with E-state index in [0.717, 1.165) is 57.3 Å². The van der Waals surface area contributed by atoms with Crippen LogP contribution in [-0.4, -0.2) is 55.4 Å². The summed E-state index contributed by atoms with van der Waals surface area (Å²) in [6, 6.07) is 0.398. The third-order valence-electron chi connectivity index (χ3n) is 3.73. The Balaban J connectivity index is 1.77. The van der Waals surface area contributed by atoms with Gasteiger partial charge in [-0.2, -0.15) is 4.98 Å². The molecular weight excluding hydrogens is 278 g/mol. The highest BCUT2D eigenvalue weighted by molar-refractivity contribution is 6.28. The second-order valence-electron chi connectivity index (χ2n) is 5.16. The summed E-state index contributed by atoms with van der Waals surface area (Å²) in [5, 5.41) is 7.19. The van der Waals surface area contributed by atoms with Crippen LogP contribution in [0.25, 0.3) is 0 Å². The standard InChI is InChI=1S/C13H20ClN5O/c14-13-16-9-11(19-4-6-20-7-5-19)12(18-13)17-10-2-1-3-15-8-10/h9-10,15H,1-8H2,(H,16,17,18)/t10-/m0/s1. The molecule has 110 valence electrons. The highest BCUT2D eigenvalue weighted by atomic mass is 35.5. The van der Waals surface area contributed by atoms with Gasteiger partial charge in [-0.3, -0.25) is 0 Å². The van der Waals surface area contributed by atoms with Crippen molar-refractivity contribution < 1.29 is 4.74 Å². The van der Waals surface area contributed by atoms with Gasteiger partial charge in [-0.1, -0.05) is 0 Å². The molecule has 6 nitrogen and oxygen atoms in total. The van der Waals surface area contributed by atoms with Crippen molar-refractivity contribution in [2.75, 3.05) is 49.6 Å². The van der Waals surface area contributed by atoms with Crippen LogP contribution in [0.4, 0.5) is 11.5 Å². The minimum absolute atomic E-state index is 0.285. The Hall–Kier alpha value is -1.11. The molecule has 0 aromatic carbocycles. The monoisotopic (exact) mass is 297 g/mol. The predicted molar refractivity (Wildman–Crippen MR) is 79.6 cm³/mol. The molecule has 2 saturated heterocycles. The second-order valence-corrected chi connectivity index (χ2v) is 5.50. The van der Waals surface area contributed by atoms with Gasteiger partial charge in [-0.25, -0.2) is 4.98 Å². The van der Waals surface area contributed by atoms with Gasteiger partial charge in [0.15, 0.2) is 5.82 Å². The first-order valence-corrected chi connectivity index (χ1v) is 7.53. The molecule has 0 saturated carbocycles. The van der Waals surface area contributed by atoms with Crippen molar-refractivity contribution in [3.63, 3.8) is 0 Å². The van der Waals surface area contributed by atoms with Gasteiger partial charge in [-0.05, 0) is 31.0 Å². The Labute approximate surface area is 123 Å². The topological polar surface area (TPSA) is 62.3 Å². The first-order chi connectivity index (χ1) is 9.83. The quantitative estimate of drug-likeness (QED) is 0.816. The summed E-state index contributed by atoms with van der Waals surface area (Å²) in [4.78, 5) is 10.7. The molecule has 0 unspecified atom stereocenters. The summed E-state index contributed by atoms with van der Waals surface area (Å²) in [5.41, 5.74) is 1.02. The number of anilines is 2. The van der Waals surface area contributed by atoms with Crippen molar-refractivity contribution in [1.82, 2.24) is 15.3 Å². The maximum atomic E-state index is 5.95. The lowest BCUT2D eigenvalue weighted by molar-refractivity contribution is 0.122. The van der Waals surface area contributed by atoms with Crippen molar-refractivity contribution in [3.05, 3.63) is 11.5 Å². The lowest BCUT2D eigenvalue weighted by Crippen LogP contribution is -2.40. The van der Waals surface area contributed by atoms with Crippen molar-refractivity contribution in [2.24, 2.45) is 0 Å². The SMILES string of the molecule is Clc1ncc(N2CCOCC2)c(N[C@H]2CCCNC2)n1. The van der Waals surface area contributed by atoms with E-state index in [-0.39, 0.29) is 5.28 Å². The second kappa shape index (κ2) is 6.56. The molecule has 0 bridgehead atoms. The maximum absolute atomic E-state index is 5.95. The van der Waals surface area contributed by atoms with Crippen LogP contribution >= 0.6 is 11.6 Å². The molecule has 0 amide bonds. The van der Waals surface area contributed by atoms with E-state index < -0.39 is 0 Å². The molecule has 2 aliphatic rings. The molecule has 20 heavy (non-hydrogen) atoms. The molecule has 2 aliphatic heterocycles. The molecule has 1 aromatic heterocycles. The van der Waals surface area contributed by atoms with E-state index in [2.05, 4.69) is 25.5 Å². The highest BCUT2D eigenvalue weighted by Gasteiger charge is 2.20. The van der Waals surface area contributed by atoms with Crippen LogP contribution in [0, 0.1) is 0 Å². The Morgan fingerprint density at radius 2 is 2.25 bits per heavy atom. The van der Waals surface area contributed by atoms with Gasteiger partial charge < -0.3 is 20.3 Å². The Morgan fingerprint density at radius 1 is 1.40 bits per heavy atom. The van der Waals surface area contributed by atoms with Crippen molar-refractivity contribution >= 4 is 23.1 Å². The third kappa shape index (κ3) is 3.31. The lowest BCUT2D eigenvalue weighted by Gasteiger charge is -2.31. The van der Waals surface area contributed by atoms with Gasteiger partial charge in [0, 0.05) is 25.7 Å². The number of nitrogens with one attached hydrogen (secondary N) is 2. The largest absolute Gasteiger partial charge is 0.378 e. The van der Waals surface area contributed by atoms with E-state index in [1.807, 2.05) is 0 Å². The number of hydrogen-bond acceptors (Lipinski definition) is 6. The number of nitrogens with zero attached hydrogens (tertiary/aromatic N) is 3. The molecule has 7 heteroatoms. The summed E-state index contributed by atoms with van der Waals surface area (Å²) in [6.45, 7) is 5.27. The van der Waals surface area contributed by atoms with Crippen LogP contribution < -0.4 is 15.5 Å². The molecule has 0 aliphatic carbocycles. The van der Waals surface area contributed by atoms with Crippen LogP contribution in [0.5, 0.6) is 0 Å². The van der Waals surface area contributed by atoms with Crippen LogP contribution in [-0.2, 0) is 4.74 Å². The van der Waals surface area contributed by atoms with Crippen molar-refractivity contribution in [3.8, 4) is 0 Å². The summed E-state index contributed by atoms with van der Waals surface area (Å²) in [6.07, 6.45) is 4.14. The van der Waals surface area contributed by atoms with E-state index >= 15 is 0 Å². The lowest BCUT2D eigenvalue weighted by atomic mass is 10.1. The summed E-state index contributed by atoms with van der Waals surface area (Å²) >= 11 is 5.95. The fourth-order valence-corrected chi connectivity index (χ4v) is 2.80. The Kier molecular flexibility index (Phi) is 4.54. The molecule has 3 heterocycles. The van der Waals surface area contributed by atoms with Crippen molar-refractivity contribution in [2.45, 2.75) is 18.9 Å². The minimum Gasteiger partial charge on any atom is -0.378 e. The molecule has 1 aromatic rings. The minimum atomic E-state index is 0.285. The zero-order valence-electron chi connectivity index (χ0n) is 11.4. The summed E-state index contributed by atoms with van der Waals surface area (Å²) in [7, 11) is 0. The highest BCUT2D eigenvalue weighted by Crippen LogP contribution is 2.26. The van der Waals surface area contributed by atoms with Crippen LogP contribution in [0.15, 0.2) is 6.20 Å². The van der Waals surface area contributed by atoms with E-state index in [0.29, 0.717) is 6.04 Å². The van der Waals surface area contributed by atoms with Gasteiger partial charge in [0.05, 0.1) is 25.1 Å². The van der Waals surface area contributed by atoms with E-state index in [9.17, 15) is 0 Å². The molecule has 0 spiro atoms. The van der Waals surface area contributed by atoms with Crippen LogP contribution in [0.2, 0.25) is 5.28 Å². The smallest absolute Gasteiger partial charge is 0.224 e. The zero-order valence-corrected chi connectivity index (χ0v) is 12.2. The first-order valence-electron chi connectivity index (χ1n) is 7.15. The number of hydrogen-bond donors (Lipinski definition) is 2. The van der Waals surface area contributed by atoms with E-state index in [1.165, 1.54) is 6.42 Å². The van der Waals surface area contributed by atoms with Crippen molar-refractivity contribution in [1.29, 1.82) is 0 Å². The van der Waals surface area contributed by atoms with Gasteiger partial charge >= 0.3 is 0 Å². The zero-order chi connectivity index (χ0) is 13.8. The van der Waals surface area contributed by atoms with Gasteiger partial charge in [0.25, 0.3) is 0 Å². The fraction of sp³-hybridized carbons (Fsp3) is 0.692.